The number of phenols is 1. The van der Waals surface area contributed by atoms with E-state index >= 15 is 0 Å². The molecule has 0 radical (unpaired) electrons. The Bertz CT molecular complexity index is 1450. The molecule has 4 rings (SSSR count). The molecule has 12 heteroatoms. The number of fused-ring (bicyclic) bond motifs is 1. The minimum absolute atomic E-state index is 0.0484. The number of pyridine rings is 1. The summed E-state index contributed by atoms with van der Waals surface area (Å²) in [5.74, 6) is -1.93. The zero-order valence-electron chi connectivity index (χ0n) is 22.2. The Kier molecular flexibility index (Phi) is 8.67. The van der Waals surface area contributed by atoms with Gasteiger partial charge in [-0.2, -0.15) is 0 Å². The van der Waals surface area contributed by atoms with Gasteiger partial charge in [0.2, 0.25) is 24.2 Å². The predicted molar refractivity (Wildman–Crippen MR) is 142 cm³/mol. The molecule has 1 aliphatic heterocycles. The molecule has 1 atom stereocenters. The van der Waals surface area contributed by atoms with E-state index in [9.17, 15) is 24.6 Å². The summed E-state index contributed by atoms with van der Waals surface area (Å²) in [6.07, 6.45) is 1.24. The number of H-pyrrole nitrogens is 1. The lowest BCUT2D eigenvalue weighted by molar-refractivity contribution is -0.121. The zero-order chi connectivity index (χ0) is 28.8. The van der Waals surface area contributed by atoms with E-state index in [4.69, 9.17) is 23.7 Å². The first-order chi connectivity index (χ1) is 19.3. The molecule has 0 aliphatic carbocycles. The molecule has 12 nitrogen and oxygen atoms in total. The number of ether oxygens (including phenoxy) is 5. The molecule has 0 unspecified atom stereocenters. The number of aromatic nitrogens is 1. The Hall–Kier alpha value is -4.87. The van der Waals surface area contributed by atoms with Gasteiger partial charge in [0.25, 0.3) is 5.56 Å². The fourth-order valence-corrected chi connectivity index (χ4v) is 4.51. The fraction of sp³-hybridized carbons (Fsp3) is 0.321. The van der Waals surface area contributed by atoms with Crippen LogP contribution in [0.2, 0.25) is 0 Å². The van der Waals surface area contributed by atoms with Gasteiger partial charge in [0.05, 0.1) is 26.4 Å². The van der Waals surface area contributed by atoms with Crippen molar-refractivity contribution in [1.82, 2.24) is 10.3 Å². The highest BCUT2D eigenvalue weighted by molar-refractivity contribution is 5.92. The molecule has 0 bridgehead atoms. The summed E-state index contributed by atoms with van der Waals surface area (Å²) >= 11 is 0. The van der Waals surface area contributed by atoms with Gasteiger partial charge in [-0.25, -0.2) is 4.79 Å². The second-order valence-electron chi connectivity index (χ2n) is 8.80. The summed E-state index contributed by atoms with van der Waals surface area (Å²) in [5.41, 5.74) is -0.0300. The summed E-state index contributed by atoms with van der Waals surface area (Å²) < 4.78 is 27.2. The summed E-state index contributed by atoms with van der Waals surface area (Å²) in [5, 5.41) is 23.4. The van der Waals surface area contributed by atoms with Crippen LogP contribution in [0.1, 0.15) is 46.3 Å². The molecule has 1 aliphatic rings. The third-order valence-corrected chi connectivity index (χ3v) is 6.40. The van der Waals surface area contributed by atoms with E-state index in [0.29, 0.717) is 17.7 Å². The number of hydrogen-bond donors (Lipinski definition) is 4. The number of hydrogen-bond acceptors (Lipinski definition) is 10. The van der Waals surface area contributed by atoms with Crippen molar-refractivity contribution >= 4 is 11.9 Å². The minimum atomic E-state index is -1.11. The second-order valence-corrected chi connectivity index (χ2v) is 8.80. The number of aromatic hydroxyl groups is 2. The predicted octanol–water partition coefficient (Wildman–Crippen LogP) is 2.59. The van der Waals surface area contributed by atoms with Crippen LogP contribution >= 0.6 is 0 Å². The van der Waals surface area contributed by atoms with Gasteiger partial charge in [-0.3, -0.25) is 9.59 Å². The highest BCUT2D eigenvalue weighted by Gasteiger charge is 2.35. The Morgan fingerprint density at radius 1 is 1.10 bits per heavy atom. The molecular weight excluding hydrogens is 524 g/mol. The Labute approximate surface area is 229 Å². The van der Waals surface area contributed by atoms with Crippen LogP contribution in [0.5, 0.6) is 34.5 Å². The van der Waals surface area contributed by atoms with Gasteiger partial charge in [0.15, 0.2) is 11.5 Å². The van der Waals surface area contributed by atoms with Gasteiger partial charge >= 0.3 is 5.97 Å². The first-order valence-corrected chi connectivity index (χ1v) is 12.5. The van der Waals surface area contributed by atoms with Gasteiger partial charge in [-0.1, -0.05) is 12.1 Å². The lowest BCUT2D eigenvalue weighted by Gasteiger charge is -2.23. The summed E-state index contributed by atoms with van der Waals surface area (Å²) in [6.45, 7) is 1.82. The topological polar surface area (TPSA) is 166 Å². The number of carbonyl (C=O) groups excluding carboxylic acids is 2. The first kappa shape index (κ1) is 28.1. The van der Waals surface area contributed by atoms with Crippen molar-refractivity contribution < 1.29 is 43.5 Å². The van der Waals surface area contributed by atoms with Crippen LogP contribution in [0.15, 0.2) is 41.3 Å². The third-order valence-electron chi connectivity index (χ3n) is 6.40. The van der Waals surface area contributed by atoms with Gasteiger partial charge in [-0.05, 0) is 37.1 Å². The van der Waals surface area contributed by atoms with Gasteiger partial charge in [0, 0.05) is 30.6 Å². The van der Waals surface area contributed by atoms with Crippen LogP contribution in [0, 0.1) is 0 Å². The lowest BCUT2D eigenvalue weighted by atomic mass is 9.86. The maximum absolute atomic E-state index is 13.2. The minimum Gasteiger partial charge on any atom is -0.508 e. The van der Waals surface area contributed by atoms with Crippen LogP contribution in [-0.4, -0.2) is 61.2 Å². The monoisotopic (exact) mass is 554 g/mol. The van der Waals surface area contributed by atoms with Crippen LogP contribution in [0.25, 0.3) is 0 Å². The molecule has 2 heterocycles. The lowest BCUT2D eigenvalue weighted by Crippen LogP contribution is -2.29. The van der Waals surface area contributed by atoms with Crippen LogP contribution in [0.4, 0.5) is 0 Å². The molecule has 0 fully saturated rings. The number of nitrogens with one attached hydrogen (secondary N) is 2. The highest BCUT2D eigenvalue weighted by Crippen LogP contribution is 2.53. The van der Waals surface area contributed by atoms with Crippen LogP contribution < -0.4 is 29.8 Å². The number of phenolic OH excluding ortho intramolecular Hbond substituents is 1. The van der Waals surface area contributed by atoms with E-state index in [0.717, 1.165) is 11.8 Å². The van der Waals surface area contributed by atoms with E-state index in [2.05, 4.69) is 10.3 Å². The van der Waals surface area contributed by atoms with E-state index in [1.807, 2.05) is 0 Å². The van der Waals surface area contributed by atoms with Crippen molar-refractivity contribution in [3.05, 3.63) is 69.1 Å². The van der Waals surface area contributed by atoms with Gasteiger partial charge in [0.1, 0.15) is 17.1 Å². The Morgan fingerprint density at radius 2 is 1.82 bits per heavy atom. The van der Waals surface area contributed by atoms with E-state index in [1.54, 1.807) is 31.2 Å². The molecule has 212 valence electrons. The quantitative estimate of drug-likeness (QED) is 0.259. The van der Waals surface area contributed by atoms with Crippen molar-refractivity contribution in [3.63, 3.8) is 0 Å². The number of aromatic amines is 1. The average molecular weight is 555 g/mol. The fourth-order valence-electron chi connectivity index (χ4n) is 4.51. The number of amides is 1. The van der Waals surface area contributed by atoms with Crippen molar-refractivity contribution in [2.75, 3.05) is 34.2 Å². The maximum Gasteiger partial charge on any atom is 0.343 e. The molecule has 0 spiro atoms. The van der Waals surface area contributed by atoms with E-state index < -0.39 is 29.1 Å². The van der Waals surface area contributed by atoms with Gasteiger partial charge in [-0.15, -0.1) is 0 Å². The van der Waals surface area contributed by atoms with Gasteiger partial charge < -0.3 is 44.2 Å². The number of rotatable bonds is 11. The van der Waals surface area contributed by atoms with Crippen LogP contribution in [-0.2, 0) is 16.0 Å². The molecule has 0 saturated carbocycles. The number of benzene rings is 2. The molecule has 1 aromatic heterocycles. The molecule has 0 saturated heterocycles. The van der Waals surface area contributed by atoms with Crippen molar-refractivity contribution in [1.29, 1.82) is 0 Å². The van der Waals surface area contributed by atoms with E-state index in [1.165, 1.54) is 20.3 Å². The second kappa shape index (κ2) is 12.3. The summed E-state index contributed by atoms with van der Waals surface area (Å²) in [6, 6.07) is 8.13. The van der Waals surface area contributed by atoms with Crippen molar-refractivity contribution in [3.8, 4) is 34.5 Å². The SMILES string of the molecule is CCOC(=O)c1c[nH]c(=O)c([C@H](CC(=O)NCCc2ccc(O)cc2)c2cc(OC)c3c(c2OC)OCO3)c1O. The third kappa shape index (κ3) is 5.75. The zero-order valence-corrected chi connectivity index (χ0v) is 22.2. The molecule has 4 N–H and O–H groups in total. The largest absolute Gasteiger partial charge is 0.508 e. The molecule has 2 aromatic carbocycles. The van der Waals surface area contributed by atoms with Crippen molar-refractivity contribution in [2.24, 2.45) is 0 Å². The summed E-state index contributed by atoms with van der Waals surface area (Å²) in [4.78, 5) is 41.3. The number of esters is 1. The number of methoxy groups -OCH3 is 2. The Balaban J connectivity index is 1.75. The molecule has 40 heavy (non-hydrogen) atoms. The Morgan fingerprint density at radius 3 is 2.50 bits per heavy atom. The highest BCUT2D eigenvalue weighted by atomic mass is 16.7. The standard InChI is InChI=1S/C28H30N2O10/c1-4-38-28(35)19-13-30-27(34)22(23(19)33)17(12-21(32)29-10-9-15-5-7-16(31)8-6-15)18-11-20(36-2)25-26(24(18)37-3)40-14-39-25/h5-8,11,13,17,31H,4,9-10,12,14H2,1-3H3,(H,29,32)(H2,30,33,34)/t17-/m1/s1. The smallest absolute Gasteiger partial charge is 0.343 e. The molecule has 1 amide bonds. The van der Waals surface area contributed by atoms with Crippen LogP contribution in [0.3, 0.4) is 0 Å². The summed E-state index contributed by atoms with van der Waals surface area (Å²) in [7, 11) is 2.81. The van der Waals surface area contributed by atoms with Crippen molar-refractivity contribution in [2.45, 2.75) is 25.7 Å². The molecule has 3 aromatic rings. The number of carbonyl (C=O) groups is 2. The molecular formula is C28H30N2O10. The maximum atomic E-state index is 13.2. The first-order valence-electron chi connectivity index (χ1n) is 12.5. The van der Waals surface area contributed by atoms with E-state index in [-0.39, 0.29) is 60.5 Å². The average Bonchev–Trinajstić information content (AvgIpc) is 3.43. The normalized spacial score (nSPS) is 12.5.